The second kappa shape index (κ2) is 3.96. The summed E-state index contributed by atoms with van der Waals surface area (Å²) in [5, 5.41) is 6.74. The molecule has 0 saturated carbocycles. The summed E-state index contributed by atoms with van der Waals surface area (Å²) in [5.41, 5.74) is 1.58. The van der Waals surface area contributed by atoms with Gasteiger partial charge in [-0.15, -0.1) is 0 Å². The van der Waals surface area contributed by atoms with Crippen LogP contribution in [0.2, 0.25) is 0 Å². The number of carbonyl (C=O) groups excluding carboxylic acids is 1. The standard InChI is InChI=1S/C11H11N3O/c1-9-7-8-14(13-9)11(15)12-10-5-3-2-4-6-10/h2-8H,1H3,(H,12,15). The van der Waals surface area contributed by atoms with Gasteiger partial charge in [-0.05, 0) is 25.1 Å². The van der Waals surface area contributed by atoms with Crippen molar-refractivity contribution in [3.63, 3.8) is 0 Å². The van der Waals surface area contributed by atoms with Crippen LogP contribution in [0.5, 0.6) is 0 Å². The number of carbonyl (C=O) groups is 1. The number of hydrogen-bond donors (Lipinski definition) is 1. The summed E-state index contributed by atoms with van der Waals surface area (Å²) in [6.45, 7) is 1.84. The number of nitrogens with zero attached hydrogens (tertiary/aromatic N) is 2. The van der Waals surface area contributed by atoms with E-state index in [2.05, 4.69) is 10.4 Å². The van der Waals surface area contributed by atoms with E-state index in [1.165, 1.54) is 4.68 Å². The van der Waals surface area contributed by atoms with E-state index in [4.69, 9.17) is 0 Å². The van der Waals surface area contributed by atoms with Crippen LogP contribution in [0.15, 0.2) is 42.6 Å². The molecule has 1 N–H and O–H groups in total. The van der Waals surface area contributed by atoms with E-state index in [0.717, 1.165) is 11.4 Å². The Morgan fingerprint density at radius 3 is 2.60 bits per heavy atom. The van der Waals surface area contributed by atoms with Crippen molar-refractivity contribution in [1.82, 2.24) is 9.78 Å². The average Bonchev–Trinajstić information content (AvgIpc) is 2.66. The van der Waals surface area contributed by atoms with Crippen LogP contribution in [0.1, 0.15) is 5.69 Å². The molecular formula is C11H11N3O. The van der Waals surface area contributed by atoms with Crippen molar-refractivity contribution >= 4 is 11.7 Å². The van der Waals surface area contributed by atoms with Gasteiger partial charge in [-0.2, -0.15) is 9.78 Å². The number of anilines is 1. The summed E-state index contributed by atoms with van der Waals surface area (Å²) < 4.78 is 1.28. The van der Waals surface area contributed by atoms with E-state index in [0.29, 0.717) is 0 Å². The van der Waals surface area contributed by atoms with Crippen molar-refractivity contribution in [3.05, 3.63) is 48.3 Å². The molecule has 15 heavy (non-hydrogen) atoms. The molecule has 0 fully saturated rings. The van der Waals surface area contributed by atoms with Gasteiger partial charge < -0.3 is 5.32 Å². The zero-order valence-corrected chi connectivity index (χ0v) is 8.34. The summed E-state index contributed by atoms with van der Waals surface area (Å²) in [7, 11) is 0. The molecule has 0 unspecified atom stereocenters. The number of nitrogens with one attached hydrogen (secondary N) is 1. The van der Waals surface area contributed by atoms with Crippen molar-refractivity contribution in [2.75, 3.05) is 5.32 Å². The highest BCUT2D eigenvalue weighted by molar-refractivity contribution is 5.90. The third-order valence-corrected chi connectivity index (χ3v) is 1.96. The number of aromatic nitrogens is 2. The predicted octanol–water partition coefficient (Wildman–Crippen LogP) is 2.27. The average molecular weight is 201 g/mol. The largest absolute Gasteiger partial charge is 0.346 e. The Morgan fingerprint density at radius 2 is 2.00 bits per heavy atom. The van der Waals surface area contributed by atoms with Crippen LogP contribution < -0.4 is 5.32 Å². The van der Waals surface area contributed by atoms with Crippen LogP contribution >= 0.6 is 0 Å². The van der Waals surface area contributed by atoms with Crippen LogP contribution in [-0.4, -0.2) is 15.8 Å². The number of amides is 1. The quantitative estimate of drug-likeness (QED) is 0.769. The smallest absolute Gasteiger partial charge is 0.306 e. The van der Waals surface area contributed by atoms with Gasteiger partial charge in [0.25, 0.3) is 0 Å². The molecule has 0 aliphatic carbocycles. The van der Waals surface area contributed by atoms with Crippen LogP contribution in [0.4, 0.5) is 10.5 Å². The minimum Gasteiger partial charge on any atom is -0.306 e. The maximum absolute atomic E-state index is 11.6. The summed E-state index contributed by atoms with van der Waals surface area (Å²) in [4.78, 5) is 11.6. The summed E-state index contributed by atoms with van der Waals surface area (Å²) in [6.07, 6.45) is 1.63. The molecule has 0 atom stereocenters. The van der Waals surface area contributed by atoms with E-state index in [9.17, 15) is 4.79 Å². The Hall–Kier alpha value is -2.10. The highest BCUT2D eigenvalue weighted by atomic mass is 16.2. The fraction of sp³-hybridized carbons (Fsp3) is 0.0909. The lowest BCUT2D eigenvalue weighted by Crippen LogP contribution is -2.19. The van der Waals surface area contributed by atoms with Crippen molar-refractivity contribution < 1.29 is 4.79 Å². The van der Waals surface area contributed by atoms with E-state index in [1.807, 2.05) is 37.3 Å². The van der Waals surface area contributed by atoms with E-state index in [1.54, 1.807) is 12.3 Å². The van der Waals surface area contributed by atoms with Crippen molar-refractivity contribution in [3.8, 4) is 0 Å². The van der Waals surface area contributed by atoms with Crippen LogP contribution in [0.25, 0.3) is 0 Å². The molecule has 0 radical (unpaired) electrons. The van der Waals surface area contributed by atoms with Gasteiger partial charge in [0.2, 0.25) is 0 Å². The number of benzene rings is 1. The third-order valence-electron chi connectivity index (χ3n) is 1.96. The molecule has 1 amide bonds. The monoisotopic (exact) mass is 201 g/mol. The Balaban J connectivity index is 2.11. The van der Waals surface area contributed by atoms with Gasteiger partial charge in [-0.3, -0.25) is 0 Å². The van der Waals surface area contributed by atoms with Crippen molar-refractivity contribution in [1.29, 1.82) is 0 Å². The number of rotatable bonds is 1. The topological polar surface area (TPSA) is 46.9 Å². The highest BCUT2D eigenvalue weighted by Crippen LogP contribution is 2.05. The fourth-order valence-electron chi connectivity index (χ4n) is 1.23. The van der Waals surface area contributed by atoms with Gasteiger partial charge in [0.05, 0.1) is 5.69 Å². The lowest BCUT2D eigenvalue weighted by Gasteiger charge is -2.03. The van der Waals surface area contributed by atoms with Crippen molar-refractivity contribution in [2.45, 2.75) is 6.92 Å². The molecule has 2 aromatic rings. The predicted molar refractivity (Wildman–Crippen MR) is 57.8 cm³/mol. The zero-order valence-electron chi connectivity index (χ0n) is 8.34. The molecule has 1 aromatic heterocycles. The van der Waals surface area contributed by atoms with Gasteiger partial charge in [0.1, 0.15) is 0 Å². The minimum absolute atomic E-state index is 0.255. The Bertz CT molecular complexity index is 462. The normalized spacial score (nSPS) is 9.93. The zero-order chi connectivity index (χ0) is 10.7. The molecule has 0 bridgehead atoms. The maximum Gasteiger partial charge on any atom is 0.346 e. The SMILES string of the molecule is Cc1ccn(C(=O)Nc2ccccc2)n1. The number of para-hydroxylation sites is 1. The molecule has 1 heterocycles. The first-order valence-electron chi connectivity index (χ1n) is 4.64. The molecule has 4 nitrogen and oxygen atoms in total. The minimum atomic E-state index is -0.255. The fourth-order valence-corrected chi connectivity index (χ4v) is 1.23. The maximum atomic E-state index is 11.6. The Kier molecular flexibility index (Phi) is 2.49. The lowest BCUT2D eigenvalue weighted by molar-refractivity contribution is 0.251. The molecule has 1 aromatic carbocycles. The van der Waals surface area contributed by atoms with E-state index in [-0.39, 0.29) is 6.03 Å². The molecule has 0 aliphatic rings. The molecule has 0 aliphatic heterocycles. The van der Waals surface area contributed by atoms with E-state index >= 15 is 0 Å². The van der Waals surface area contributed by atoms with Gasteiger partial charge in [0, 0.05) is 11.9 Å². The van der Waals surface area contributed by atoms with Gasteiger partial charge in [0.15, 0.2) is 0 Å². The first kappa shape index (κ1) is 9.45. The first-order valence-corrected chi connectivity index (χ1v) is 4.64. The second-order valence-corrected chi connectivity index (χ2v) is 3.20. The number of hydrogen-bond acceptors (Lipinski definition) is 2. The van der Waals surface area contributed by atoms with Gasteiger partial charge >= 0.3 is 6.03 Å². The number of aryl methyl sites for hydroxylation is 1. The van der Waals surface area contributed by atoms with Gasteiger partial charge in [-0.25, -0.2) is 4.79 Å². The molecule has 0 spiro atoms. The molecular weight excluding hydrogens is 190 g/mol. The van der Waals surface area contributed by atoms with Crippen molar-refractivity contribution in [2.24, 2.45) is 0 Å². The lowest BCUT2D eigenvalue weighted by atomic mass is 10.3. The summed E-state index contributed by atoms with van der Waals surface area (Å²) in [6, 6.07) is 10.8. The third kappa shape index (κ3) is 2.22. The summed E-state index contributed by atoms with van der Waals surface area (Å²) in [5.74, 6) is 0. The second-order valence-electron chi connectivity index (χ2n) is 3.20. The van der Waals surface area contributed by atoms with E-state index < -0.39 is 0 Å². The van der Waals surface area contributed by atoms with Crippen LogP contribution in [0, 0.1) is 6.92 Å². The Morgan fingerprint density at radius 1 is 1.27 bits per heavy atom. The highest BCUT2D eigenvalue weighted by Gasteiger charge is 2.04. The van der Waals surface area contributed by atoms with Gasteiger partial charge in [-0.1, -0.05) is 18.2 Å². The Labute approximate surface area is 87.5 Å². The molecule has 0 saturated heterocycles. The first-order chi connectivity index (χ1) is 7.25. The molecule has 76 valence electrons. The molecule has 4 heteroatoms. The summed E-state index contributed by atoms with van der Waals surface area (Å²) >= 11 is 0. The van der Waals surface area contributed by atoms with Crippen LogP contribution in [-0.2, 0) is 0 Å². The molecule has 2 rings (SSSR count). The van der Waals surface area contributed by atoms with Crippen LogP contribution in [0.3, 0.4) is 0 Å².